The van der Waals surface area contributed by atoms with Crippen molar-refractivity contribution < 1.29 is 14.3 Å². The molecule has 1 aliphatic rings. The average Bonchev–Trinajstić information content (AvgIpc) is 3.25. The highest BCUT2D eigenvalue weighted by Crippen LogP contribution is 2.28. The molecule has 2 aromatic rings. The van der Waals surface area contributed by atoms with Crippen LogP contribution in [-0.4, -0.2) is 39.2 Å². The Kier molecular flexibility index (Phi) is 7.05. The predicted molar refractivity (Wildman–Crippen MR) is 110 cm³/mol. The standard InChI is InChI=1S/C23H27NO3/c1-2-3-14-26-15-16-27-22-9-6-19(7-10-22)20-8-11-23(21(17-20)18-25)24-12-4-5-13-24/h4-11,17-18H,2-3,12-16H2,1H3. The number of rotatable bonds is 10. The first kappa shape index (κ1) is 19.2. The first-order chi connectivity index (χ1) is 13.3. The molecule has 0 fully saturated rings. The average molecular weight is 365 g/mol. The molecule has 27 heavy (non-hydrogen) atoms. The molecule has 0 radical (unpaired) electrons. The van der Waals surface area contributed by atoms with Crippen molar-refractivity contribution in [1.29, 1.82) is 0 Å². The number of hydrogen-bond donors (Lipinski definition) is 0. The first-order valence-electron chi connectivity index (χ1n) is 9.62. The molecule has 3 rings (SSSR count). The number of ether oxygens (including phenoxy) is 2. The summed E-state index contributed by atoms with van der Waals surface area (Å²) in [4.78, 5) is 13.7. The van der Waals surface area contributed by atoms with Gasteiger partial charge in [-0.2, -0.15) is 0 Å². The Balaban J connectivity index is 1.60. The third-order valence-corrected chi connectivity index (χ3v) is 4.64. The Bertz CT molecular complexity index is 760. The maximum atomic E-state index is 11.6. The fourth-order valence-electron chi connectivity index (χ4n) is 3.10. The molecule has 0 amide bonds. The van der Waals surface area contributed by atoms with Crippen molar-refractivity contribution in [2.75, 3.05) is 37.8 Å². The molecule has 0 atom stereocenters. The minimum absolute atomic E-state index is 0.552. The molecule has 0 unspecified atom stereocenters. The Morgan fingerprint density at radius 3 is 2.41 bits per heavy atom. The van der Waals surface area contributed by atoms with Gasteiger partial charge in [0.05, 0.1) is 6.61 Å². The van der Waals surface area contributed by atoms with Crippen LogP contribution in [0, 0.1) is 0 Å². The van der Waals surface area contributed by atoms with Crippen molar-refractivity contribution in [3.05, 3.63) is 60.2 Å². The SMILES string of the molecule is CCCCOCCOc1ccc(-c2ccc(N3CC=CC3)c(C=O)c2)cc1. The summed E-state index contributed by atoms with van der Waals surface area (Å²) in [6.45, 7) is 5.81. The van der Waals surface area contributed by atoms with Gasteiger partial charge < -0.3 is 14.4 Å². The number of unbranched alkanes of at least 4 members (excludes halogenated alkanes) is 1. The van der Waals surface area contributed by atoms with E-state index in [1.54, 1.807) is 0 Å². The molecule has 0 saturated heterocycles. The molecule has 0 N–H and O–H groups in total. The van der Waals surface area contributed by atoms with Crippen LogP contribution < -0.4 is 9.64 Å². The Labute approximate surface area is 161 Å². The zero-order valence-electron chi connectivity index (χ0n) is 15.9. The minimum Gasteiger partial charge on any atom is -0.491 e. The second-order valence-corrected chi connectivity index (χ2v) is 6.61. The molecule has 0 bridgehead atoms. The van der Waals surface area contributed by atoms with E-state index >= 15 is 0 Å². The van der Waals surface area contributed by atoms with Crippen molar-refractivity contribution in [2.45, 2.75) is 19.8 Å². The van der Waals surface area contributed by atoms with Gasteiger partial charge in [-0.25, -0.2) is 0 Å². The molecule has 2 aromatic carbocycles. The zero-order chi connectivity index (χ0) is 18.9. The largest absolute Gasteiger partial charge is 0.491 e. The summed E-state index contributed by atoms with van der Waals surface area (Å²) in [7, 11) is 0. The third-order valence-electron chi connectivity index (χ3n) is 4.64. The molecule has 1 heterocycles. The minimum atomic E-state index is 0.552. The van der Waals surface area contributed by atoms with Gasteiger partial charge in [-0.15, -0.1) is 0 Å². The Morgan fingerprint density at radius 1 is 0.963 bits per heavy atom. The van der Waals surface area contributed by atoms with E-state index in [-0.39, 0.29) is 0 Å². The van der Waals surface area contributed by atoms with Crippen LogP contribution in [0.3, 0.4) is 0 Å². The van der Waals surface area contributed by atoms with Crippen LogP contribution in [0.25, 0.3) is 11.1 Å². The number of nitrogens with zero attached hydrogens (tertiary/aromatic N) is 1. The van der Waals surface area contributed by atoms with Crippen molar-refractivity contribution >= 4 is 12.0 Å². The summed E-state index contributed by atoms with van der Waals surface area (Å²) in [5.41, 5.74) is 3.81. The molecule has 0 saturated carbocycles. The van der Waals surface area contributed by atoms with Crippen LogP contribution in [0.1, 0.15) is 30.1 Å². The number of carbonyl (C=O) groups is 1. The van der Waals surface area contributed by atoms with E-state index in [1.165, 1.54) is 0 Å². The lowest BCUT2D eigenvalue weighted by molar-refractivity contribution is 0.0981. The van der Waals surface area contributed by atoms with E-state index in [1.807, 2.05) is 36.4 Å². The number of anilines is 1. The molecule has 4 heteroatoms. The molecular formula is C23H27NO3. The van der Waals surface area contributed by atoms with E-state index in [9.17, 15) is 4.79 Å². The van der Waals surface area contributed by atoms with E-state index in [4.69, 9.17) is 9.47 Å². The van der Waals surface area contributed by atoms with Crippen LogP contribution >= 0.6 is 0 Å². The summed E-state index contributed by atoms with van der Waals surface area (Å²) >= 11 is 0. The van der Waals surface area contributed by atoms with E-state index in [2.05, 4.69) is 30.0 Å². The van der Waals surface area contributed by atoms with Crippen molar-refractivity contribution in [3.63, 3.8) is 0 Å². The van der Waals surface area contributed by atoms with E-state index in [0.29, 0.717) is 13.2 Å². The van der Waals surface area contributed by atoms with Gasteiger partial charge in [-0.3, -0.25) is 4.79 Å². The summed E-state index contributed by atoms with van der Waals surface area (Å²) in [6, 6.07) is 14.0. The maximum absolute atomic E-state index is 11.6. The smallest absolute Gasteiger partial charge is 0.152 e. The number of aldehydes is 1. The number of hydrogen-bond acceptors (Lipinski definition) is 4. The van der Waals surface area contributed by atoms with Crippen molar-refractivity contribution in [1.82, 2.24) is 0 Å². The quantitative estimate of drug-likeness (QED) is 0.346. The Hall–Kier alpha value is -2.59. The lowest BCUT2D eigenvalue weighted by Crippen LogP contribution is -2.19. The summed E-state index contributed by atoms with van der Waals surface area (Å²) in [5.74, 6) is 0.827. The van der Waals surface area contributed by atoms with Crippen LogP contribution in [-0.2, 0) is 4.74 Å². The van der Waals surface area contributed by atoms with E-state index < -0.39 is 0 Å². The molecular weight excluding hydrogens is 338 g/mol. The lowest BCUT2D eigenvalue weighted by atomic mass is 10.0. The van der Waals surface area contributed by atoms with Gasteiger partial charge >= 0.3 is 0 Å². The fraction of sp³-hybridized carbons (Fsp3) is 0.348. The normalized spacial score (nSPS) is 13.1. The van der Waals surface area contributed by atoms with Crippen LogP contribution in [0.5, 0.6) is 5.75 Å². The molecule has 4 nitrogen and oxygen atoms in total. The first-order valence-corrected chi connectivity index (χ1v) is 9.62. The predicted octanol–water partition coefficient (Wildman–Crippen LogP) is 4.74. The van der Waals surface area contributed by atoms with Gasteiger partial charge in [0.15, 0.2) is 6.29 Å². The second kappa shape index (κ2) is 9.93. The highest BCUT2D eigenvalue weighted by Gasteiger charge is 2.13. The topological polar surface area (TPSA) is 38.8 Å². The van der Waals surface area contributed by atoms with Gasteiger partial charge in [-0.1, -0.05) is 43.7 Å². The molecule has 1 aliphatic heterocycles. The molecule has 0 spiro atoms. The number of carbonyl (C=O) groups excluding carboxylic acids is 1. The zero-order valence-corrected chi connectivity index (χ0v) is 15.9. The van der Waals surface area contributed by atoms with E-state index in [0.717, 1.165) is 67.0 Å². The van der Waals surface area contributed by atoms with Gasteiger partial charge in [0.1, 0.15) is 12.4 Å². The molecule has 142 valence electrons. The molecule has 0 aliphatic carbocycles. The monoisotopic (exact) mass is 365 g/mol. The van der Waals surface area contributed by atoms with Gasteiger partial charge in [-0.05, 0) is 41.8 Å². The molecule has 0 aromatic heterocycles. The summed E-state index contributed by atoms with van der Waals surface area (Å²) < 4.78 is 11.2. The Morgan fingerprint density at radius 2 is 1.70 bits per heavy atom. The van der Waals surface area contributed by atoms with Gasteiger partial charge in [0, 0.05) is 30.9 Å². The van der Waals surface area contributed by atoms with Crippen LogP contribution in [0.15, 0.2) is 54.6 Å². The number of benzene rings is 2. The maximum Gasteiger partial charge on any atom is 0.152 e. The highest BCUT2D eigenvalue weighted by molar-refractivity contribution is 5.88. The summed E-state index contributed by atoms with van der Waals surface area (Å²) in [6.07, 6.45) is 7.41. The third kappa shape index (κ3) is 5.20. The second-order valence-electron chi connectivity index (χ2n) is 6.61. The van der Waals surface area contributed by atoms with Gasteiger partial charge in [0.25, 0.3) is 0 Å². The van der Waals surface area contributed by atoms with Crippen molar-refractivity contribution in [2.24, 2.45) is 0 Å². The summed E-state index contributed by atoms with van der Waals surface area (Å²) in [5, 5.41) is 0. The van der Waals surface area contributed by atoms with Crippen molar-refractivity contribution in [3.8, 4) is 16.9 Å². The van der Waals surface area contributed by atoms with Gasteiger partial charge in [0.2, 0.25) is 0 Å². The lowest BCUT2D eigenvalue weighted by Gasteiger charge is -2.20. The van der Waals surface area contributed by atoms with Crippen LogP contribution in [0.2, 0.25) is 0 Å². The van der Waals surface area contributed by atoms with Crippen LogP contribution in [0.4, 0.5) is 5.69 Å². The fourth-order valence-corrected chi connectivity index (χ4v) is 3.10. The highest BCUT2D eigenvalue weighted by atomic mass is 16.5.